The molecule has 0 saturated heterocycles. The standard InChI is InChI=1S/C16H15N3O/c17-10-11-4-1-2-5-13(11)18-14-6-3-7-15-12(14)8-9-16(20)19-15/h1-2,4-5,8-9,14,18H,3,6-7H2,(H,19,20). The van der Waals surface area contributed by atoms with Crippen LogP contribution < -0.4 is 10.9 Å². The molecule has 0 amide bonds. The second-order valence-corrected chi connectivity index (χ2v) is 5.00. The molecule has 20 heavy (non-hydrogen) atoms. The highest BCUT2D eigenvalue weighted by Gasteiger charge is 2.21. The fourth-order valence-corrected chi connectivity index (χ4v) is 2.74. The summed E-state index contributed by atoms with van der Waals surface area (Å²) in [6.45, 7) is 0. The molecule has 1 aromatic heterocycles. The van der Waals surface area contributed by atoms with E-state index in [4.69, 9.17) is 5.26 Å². The molecule has 100 valence electrons. The van der Waals surface area contributed by atoms with Crippen molar-refractivity contribution in [3.63, 3.8) is 0 Å². The highest BCUT2D eigenvalue weighted by Crippen LogP contribution is 2.31. The summed E-state index contributed by atoms with van der Waals surface area (Å²) in [5.74, 6) is 0. The SMILES string of the molecule is N#Cc1ccccc1NC1CCCc2[nH]c(=O)ccc21. The van der Waals surface area contributed by atoms with Gasteiger partial charge >= 0.3 is 0 Å². The van der Waals surface area contributed by atoms with Gasteiger partial charge in [0, 0.05) is 11.8 Å². The summed E-state index contributed by atoms with van der Waals surface area (Å²) in [4.78, 5) is 14.3. The first kappa shape index (κ1) is 12.5. The van der Waals surface area contributed by atoms with Gasteiger partial charge in [0.05, 0.1) is 17.3 Å². The smallest absolute Gasteiger partial charge is 0.248 e. The average molecular weight is 265 g/mol. The Balaban J connectivity index is 1.94. The quantitative estimate of drug-likeness (QED) is 0.877. The second-order valence-electron chi connectivity index (χ2n) is 5.00. The van der Waals surface area contributed by atoms with Crippen molar-refractivity contribution in [1.82, 2.24) is 4.98 Å². The van der Waals surface area contributed by atoms with Gasteiger partial charge in [0.1, 0.15) is 6.07 Å². The van der Waals surface area contributed by atoms with Crippen molar-refractivity contribution in [2.45, 2.75) is 25.3 Å². The van der Waals surface area contributed by atoms with E-state index < -0.39 is 0 Å². The number of pyridine rings is 1. The lowest BCUT2D eigenvalue weighted by Gasteiger charge is -2.27. The molecule has 1 heterocycles. The number of aromatic amines is 1. The van der Waals surface area contributed by atoms with E-state index in [0.29, 0.717) is 5.56 Å². The van der Waals surface area contributed by atoms with Crippen LogP contribution in [0.25, 0.3) is 0 Å². The van der Waals surface area contributed by atoms with Gasteiger partial charge in [0.25, 0.3) is 0 Å². The van der Waals surface area contributed by atoms with Gasteiger partial charge < -0.3 is 10.3 Å². The second kappa shape index (κ2) is 5.22. The molecule has 0 bridgehead atoms. The number of para-hydroxylation sites is 1. The number of aryl methyl sites for hydroxylation is 1. The Kier molecular flexibility index (Phi) is 3.26. The van der Waals surface area contributed by atoms with Crippen molar-refractivity contribution in [1.29, 1.82) is 5.26 Å². The molecule has 1 aromatic carbocycles. The number of fused-ring (bicyclic) bond motifs is 1. The number of nitrogens with zero attached hydrogens (tertiary/aromatic N) is 1. The summed E-state index contributed by atoms with van der Waals surface area (Å²) in [6.07, 6.45) is 2.93. The number of anilines is 1. The van der Waals surface area contributed by atoms with Crippen LogP contribution in [0.3, 0.4) is 0 Å². The van der Waals surface area contributed by atoms with Crippen LogP contribution in [0.2, 0.25) is 0 Å². The largest absolute Gasteiger partial charge is 0.377 e. The van der Waals surface area contributed by atoms with Gasteiger partial charge in [-0.3, -0.25) is 4.79 Å². The van der Waals surface area contributed by atoms with E-state index in [2.05, 4.69) is 16.4 Å². The summed E-state index contributed by atoms with van der Waals surface area (Å²) in [6, 6.07) is 13.3. The number of aromatic nitrogens is 1. The van der Waals surface area contributed by atoms with Crippen molar-refractivity contribution >= 4 is 5.69 Å². The van der Waals surface area contributed by atoms with E-state index in [9.17, 15) is 4.79 Å². The minimum atomic E-state index is -0.0539. The van der Waals surface area contributed by atoms with Crippen molar-refractivity contribution in [3.8, 4) is 6.07 Å². The van der Waals surface area contributed by atoms with Gasteiger partial charge in [-0.05, 0) is 43.0 Å². The maximum atomic E-state index is 11.4. The molecular weight excluding hydrogens is 250 g/mol. The Morgan fingerprint density at radius 2 is 2.10 bits per heavy atom. The number of nitrogens with one attached hydrogen (secondary N) is 2. The van der Waals surface area contributed by atoms with E-state index in [0.717, 1.165) is 36.2 Å². The van der Waals surface area contributed by atoms with Crippen molar-refractivity contribution in [2.75, 3.05) is 5.32 Å². The molecule has 4 heteroatoms. The fraction of sp³-hybridized carbons (Fsp3) is 0.250. The zero-order valence-electron chi connectivity index (χ0n) is 11.0. The van der Waals surface area contributed by atoms with Gasteiger partial charge in [0.2, 0.25) is 5.56 Å². The number of hydrogen-bond acceptors (Lipinski definition) is 3. The van der Waals surface area contributed by atoms with E-state index in [1.54, 1.807) is 12.1 Å². The number of hydrogen-bond donors (Lipinski definition) is 2. The monoisotopic (exact) mass is 265 g/mol. The van der Waals surface area contributed by atoms with Crippen molar-refractivity contribution < 1.29 is 0 Å². The van der Waals surface area contributed by atoms with Crippen LogP contribution in [0.5, 0.6) is 0 Å². The Bertz CT molecular complexity index is 727. The van der Waals surface area contributed by atoms with Crippen LogP contribution in [0, 0.1) is 11.3 Å². The minimum Gasteiger partial charge on any atom is -0.377 e. The molecule has 1 aliphatic carbocycles. The van der Waals surface area contributed by atoms with Crippen LogP contribution in [0.15, 0.2) is 41.2 Å². The third-order valence-electron chi connectivity index (χ3n) is 3.71. The molecule has 0 saturated carbocycles. The highest BCUT2D eigenvalue weighted by atomic mass is 16.1. The van der Waals surface area contributed by atoms with E-state index in [-0.39, 0.29) is 11.6 Å². The lowest BCUT2D eigenvalue weighted by atomic mass is 9.91. The molecule has 2 N–H and O–H groups in total. The fourth-order valence-electron chi connectivity index (χ4n) is 2.74. The summed E-state index contributed by atoms with van der Waals surface area (Å²) in [7, 11) is 0. The van der Waals surface area contributed by atoms with Crippen LogP contribution in [-0.2, 0) is 6.42 Å². The third kappa shape index (κ3) is 2.30. The predicted octanol–water partition coefficient (Wildman–Crippen LogP) is 2.74. The summed E-state index contributed by atoms with van der Waals surface area (Å²) >= 11 is 0. The summed E-state index contributed by atoms with van der Waals surface area (Å²) in [5, 5.41) is 12.6. The molecule has 0 spiro atoms. The number of H-pyrrole nitrogens is 1. The van der Waals surface area contributed by atoms with Gasteiger partial charge in [-0.2, -0.15) is 5.26 Å². The Morgan fingerprint density at radius 3 is 2.95 bits per heavy atom. The number of rotatable bonds is 2. The van der Waals surface area contributed by atoms with Crippen LogP contribution in [-0.4, -0.2) is 4.98 Å². The zero-order valence-corrected chi connectivity index (χ0v) is 11.0. The van der Waals surface area contributed by atoms with Crippen LogP contribution in [0.1, 0.15) is 35.7 Å². The molecule has 1 aliphatic rings. The Labute approximate surface area is 117 Å². The topological polar surface area (TPSA) is 68.7 Å². The first-order valence-electron chi connectivity index (χ1n) is 6.75. The molecule has 1 unspecified atom stereocenters. The van der Waals surface area contributed by atoms with Crippen LogP contribution in [0.4, 0.5) is 5.69 Å². The molecular formula is C16H15N3O. The van der Waals surface area contributed by atoms with Crippen molar-refractivity contribution in [2.24, 2.45) is 0 Å². The van der Waals surface area contributed by atoms with Gasteiger partial charge in [-0.1, -0.05) is 12.1 Å². The molecule has 1 atom stereocenters. The van der Waals surface area contributed by atoms with E-state index in [1.807, 2.05) is 24.3 Å². The Hall–Kier alpha value is -2.54. The summed E-state index contributed by atoms with van der Waals surface area (Å²) < 4.78 is 0. The molecule has 0 aliphatic heterocycles. The van der Waals surface area contributed by atoms with Gasteiger partial charge in [-0.25, -0.2) is 0 Å². The zero-order chi connectivity index (χ0) is 13.9. The molecule has 4 nitrogen and oxygen atoms in total. The van der Waals surface area contributed by atoms with Crippen molar-refractivity contribution in [3.05, 3.63) is 63.6 Å². The van der Waals surface area contributed by atoms with E-state index in [1.165, 1.54) is 0 Å². The Morgan fingerprint density at radius 1 is 1.25 bits per heavy atom. The van der Waals surface area contributed by atoms with E-state index >= 15 is 0 Å². The van der Waals surface area contributed by atoms with Gasteiger partial charge in [-0.15, -0.1) is 0 Å². The third-order valence-corrected chi connectivity index (χ3v) is 3.71. The number of nitriles is 1. The first-order valence-corrected chi connectivity index (χ1v) is 6.75. The molecule has 3 rings (SSSR count). The highest BCUT2D eigenvalue weighted by molar-refractivity contribution is 5.58. The molecule has 2 aromatic rings. The lowest BCUT2D eigenvalue weighted by molar-refractivity contribution is 0.587. The predicted molar refractivity (Wildman–Crippen MR) is 77.5 cm³/mol. The average Bonchev–Trinajstić information content (AvgIpc) is 2.47. The molecule has 0 fully saturated rings. The molecule has 0 radical (unpaired) electrons. The minimum absolute atomic E-state index is 0.0539. The maximum absolute atomic E-state index is 11.4. The normalized spacial score (nSPS) is 17.1. The first-order chi connectivity index (χ1) is 9.78. The van der Waals surface area contributed by atoms with Crippen LogP contribution >= 0.6 is 0 Å². The maximum Gasteiger partial charge on any atom is 0.248 e. The summed E-state index contributed by atoms with van der Waals surface area (Å²) in [5.41, 5.74) is 3.57. The number of benzene rings is 1. The lowest BCUT2D eigenvalue weighted by Crippen LogP contribution is -2.21. The van der Waals surface area contributed by atoms with Gasteiger partial charge in [0.15, 0.2) is 0 Å².